The number of nitrogens with one attached hydrogen (secondary N) is 1. The summed E-state index contributed by atoms with van der Waals surface area (Å²) in [4.78, 5) is 30.6. The number of carboxylic acid groups (broad SMARTS) is 1. The molecule has 0 spiro atoms. The first-order valence-electron chi connectivity index (χ1n) is 9.38. The number of hydrogen-bond donors (Lipinski definition) is 2. The van der Waals surface area contributed by atoms with Crippen molar-refractivity contribution in [3.63, 3.8) is 0 Å². The van der Waals surface area contributed by atoms with Crippen molar-refractivity contribution in [2.24, 2.45) is 0 Å². The Morgan fingerprint density at radius 1 is 1.07 bits per heavy atom. The molecule has 2 N–H and O–H groups in total. The Balaban J connectivity index is 1.92. The second-order valence-corrected chi connectivity index (χ2v) is 8.64. The lowest BCUT2D eigenvalue weighted by Gasteiger charge is -2.17. The Morgan fingerprint density at radius 2 is 1.87 bits per heavy atom. The summed E-state index contributed by atoms with van der Waals surface area (Å²) >= 11 is 3.11. The molecule has 30 heavy (non-hydrogen) atoms. The predicted octanol–water partition coefficient (Wildman–Crippen LogP) is 4.84. The van der Waals surface area contributed by atoms with E-state index in [0.717, 1.165) is 20.9 Å². The summed E-state index contributed by atoms with van der Waals surface area (Å²) in [6.45, 7) is 0. The maximum Gasteiger partial charge on any atom is 0.326 e. The fourth-order valence-corrected chi connectivity index (χ4v) is 4.23. The monoisotopic (exact) mass is 438 g/mol. The minimum atomic E-state index is -1.03. The van der Waals surface area contributed by atoms with Crippen LogP contribution >= 0.6 is 23.5 Å². The zero-order valence-electron chi connectivity index (χ0n) is 16.4. The second-order valence-electron chi connectivity index (χ2n) is 6.51. The Labute approximate surface area is 184 Å². The van der Waals surface area contributed by atoms with Crippen molar-refractivity contribution in [1.82, 2.24) is 10.3 Å². The summed E-state index contributed by atoms with van der Waals surface area (Å²) in [7, 11) is 0. The molecule has 5 nitrogen and oxygen atoms in total. The van der Waals surface area contributed by atoms with Gasteiger partial charge >= 0.3 is 5.97 Å². The number of carboxylic acids is 1. The van der Waals surface area contributed by atoms with Crippen LogP contribution in [-0.4, -0.2) is 40.0 Å². The molecular weight excluding hydrogens is 416 g/mol. The molecule has 0 bridgehead atoms. The topological polar surface area (TPSA) is 79.3 Å². The Hall–Kier alpha value is -2.77. The summed E-state index contributed by atoms with van der Waals surface area (Å²) in [6.07, 6.45) is 5.80. The van der Waals surface area contributed by atoms with E-state index in [9.17, 15) is 14.7 Å². The van der Waals surface area contributed by atoms with E-state index in [-0.39, 0.29) is 5.91 Å². The molecule has 1 atom stereocenters. The van der Waals surface area contributed by atoms with E-state index in [0.29, 0.717) is 17.7 Å². The molecule has 0 radical (unpaired) electrons. The molecule has 3 aromatic rings. The van der Waals surface area contributed by atoms with Gasteiger partial charge in [-0.05, 0) is 59.9 Å². The molecule has 7 heteroatoms. The van der Waals surface area contributed by atoms with Gasteiger partial charge in [-0.2, -0.15) is 11.8 Å². The minimum absolute atomic E-state index is 0.373. The van der Waals surface area contributed by atoms with Gasteiger partial charge in [0, 0.05) is 27.7 Å². The fraction of sp³-hybridized carbons (Fsp3) is 0.174. The molecule has 0 fully saturated rings. The van der Waals surface area contributed by atoms with Gasteiger partial charge in [0.1, 0.15) is 6.04 Å². The SMILES string of the molecule is CSCCC(NC(=O)c1ccc(Sc2cccnc2)cc1-c1ccccc1)C(=O)O. The zero-order chi connectivity index (χ0) is 21.3. The van der Waals surface area contributed by atoms with Crippen LogP contribution in [0.1, 0.15) is 16.8 Å². The smallest absolute Gasteiger partial charge is 0.326 e. The molecule has 0 aliphatic carbocycles. The third kappa shape index (κ3) is 5.87. The van der Waals surface area contributed by atoms with Crippen LogP contribution in [0.15, 0.2) is 82.8 Å². The second kappa shape index (κ2) is 10.8. The van der Waals surface area contributed by atoms with Gasteiger partial charge in [-0.1, -0.05) is 42.1 Å². The largest absolute Gasteiger partial charge is 0.480 e. The van der Waals surface area contributed by atoms with Crippen LogP contribution in [0.3, 0.4) is 0 Å². The standard InChI is InChI=1S/C23H22N2O3S2/c1-29-13-11-21(23(27)28)25-22(26)19-10-9-17(30-18-8-5-12-24-15-18)14-20(19)16-6-3-2-4-7-16/h2-10,12,14-15,21H,11,13H2,1H3,(H,25,26)(H,27,28). The number of nitrogens with zero attached hydrogens (tertiary/aromatic N) is 1. The summed E-state index contributed by atoms with van der Waals surface area (Å²) in [5.41, 5.74) is 2.11. The summed E-state index contributed by atoms with van der Waals surface area (Å²) in [5.74, 6) is -0.758. The summed E-state index contributed by atoms with van der Waals surface area (Å²) in [5, 5.41) is 12.1. The molecule has 2 aromatic carbocycles. The lowest BCUT2D eigenvalue weighted by Crippen LogP contribution is -2.41. The molecule has 1 unspecified atom stereocenters. The van der Waals surface area contributed by atoms with Crippen molar-refractivity contribution >= 4 is 35.4 Å². The quantitative estimate of drug-likeness (QED) is 0.498. The first-order chi connectivity index (χ1) is 14.6. The van der Waals surface area contributed by atoms with Crippen molar-refractivity contribution in [2.45, 2.75) is 22.3 Å². The average molecular weight is 439 g/mol. The highest BCUT2D eigenvalue weighted by atomic mass is 32.2. The third-order valence-corrected chi connectivity index (χ3v) is 6.02. The molecule has 0 saturated carbocycles. The highest BCUT2D eigenvalue weighted by Gasteiger charge is 2.22. The number of thioether (sulfide) groups is 1. The number of aromatic nitrogens is 1. The van der Waals surface area contributed by atoms with E-state index in [1.54, 1.807) is 42.0 Å². The molecule has 1 heterocycles. The van der Waals surface area contributed by atoms with Crippen molar-refractivity contribution < 1.29 is 14.7 Å². The Bertz CT molecular complexity index is 998. The third-order valence-electron chi connectivity index (χ3n) is 4.40. The van der Waals surface area contributed by atoms with Crippen LogP contribution in [0.5, 0.6) is 0 Å². The molecule has 0 saturated heterocycles. The maximum atomic E-state index is 13.0. The van der Waals surface area contributed by atoms with Crippen molar-refractivity contribution in [3.05, 3.63) is 78.6 Å². The number of aliphatic carboxylic acids is 1. The van der Waals surface area contributed by atoms with Gasteiger partial charge in [0.2, 0.25) is 0 Å². The number of carbonyl (C=O) groups is 2. The number of benzene rings is 2. The van der Waals surface area contributed by atoms with Gasteiger partial charge < -0.3 is 10.4 Å². The van der Waals surface area contributed by atoms with Crippen LogP contribution in [0.4, 0.5) is 0 Å². The molecule has 0 aliphatic rings. The Morgan fingerprint density at radius 3 is 2.53 bits per heavy atom. The van der Waals surface area contributed by atoms with Gasteiger partial charge in [0.05, 0.1) is 0 Å². The number of amides is 1. The van der Waals surface area contributed by atoms with E-state index < -0.39 is 12.0 Å². The van der Waals surface area contributed by atoms with Crippen molar-refractivity contribution in [1.29, 1.82) is 0 Å². The number of hydrogen-bond acceptors (Lipinski definition) is 5. The fourth-order valence-electron chi connectivity index (χ4n) is 2.91. The number of rotatable bonds is 9. The van der Waals surface area contributed by atoms with Crippen LogP contribution in [0.25, 0.3) is 11.1 Å². The Kier molecular flexibility index (Phi) is 7.93. The molecule has 0 aliphatic heterocycles. The van der Waals surface area contributed by atoms with Crippen molar-refractivity contribution in [2.75, 3.05) is 12.0 Å². The minimum Gasteiger partial charge on any atom is -0.480 e. The van der Waals surface area contributed by atoms with Crippen LogP contribution in [-0.2, 0) is 4.79 Å². The van der Waals surface area contributed by atoms with E-state index in [1.807, 2.05) is 60.9 Å². The van der Waals surface area contributed by atoms with Crippen LogP contribution in [0.2, 0.25) is 0 Å². The first kappa shape index (κ1) is 21.9. The van der Waals surface area contributed by atoms with E-state index in [4.69, 9.17) is 0 Å². The molecule has 1 aromatic heterocycles. The molecular formula is C23H22N2O3S2. The highest BCUT2D eigenvalue weighted by Crippen LogP contribution is 2.33. The van der Waals surface area contributed by atoms with E-state index in [2.05, 4.69) is 10.3 Å². The van der Waals surface area contributed by atoms with Gasteiger partial charge in [0.15, 0.2) is 0 Å². The van der Waals surface area contributed by atoms with Gasteiger partial charge in [-0.3, -0.25) is 9.78 Å². The van der Waals surface area contributed by atoms with Gasteiger partial charge in [-0.25, -0.2) is 4.79 Å². The van der Waals surface area contributed by atoms with Crippen LogP contribution < -0.4 is 5.32 Å². The average Bonchev–Trinajstić information content (AvgIpc) is 2.77. The molecule has 3 rings (SSSR count). The first-order valence-corrected chi connectivity index (χ1v) is 11.6. The molecule has 154 valence electrons. The van der Waals surface area contributed by atoms with Gasteiger partial charge in [-0.15, -0.1) is 0 Å². The number of carbonyl (C=O) groups excluding carboxylic acids is 1. The normalized spacial score (nSPS) is 11.6. The predicted molar refractivity (Wildman–Crippen MR) is 122 cm³/mol. The number of pyridine rings is 1. The maximum absolute atomic E-state index is 13.0. The molecule has 1 amide bonds. The van der Waals surface area contributed by atoms with E-state index in [1.165, 1.54) is 0 Å². The highest BCUT2D eigenvalue weighted by molar-refractivity contribution is 7.99. The lowest BCUT2D eigenvalue weighted by molar-refractivity contribution is -0.139. The summed E-state index contributed by atoms with van der Waals surface area (Å²) < 4.78 is 0. The van der Waals surface area contributed by atoms with Crippen LogP contribution in [0, 0.1) is 0 Å². The summed E-state index contributed by atoms with van der Waals surface area (Å²) in [6, 6.07) is 18.1. The van der Waals surface area contributed by atoms with Gasteiger partial charge in [0.25, 0.3) is 5.91 Å². The zero-order valence-corrected chi connectivity index (χ0v) is 18.1. The lowest BCUT2D eigenvalue weighted by atomic mass is 9.99. The van der Waals surface area contributed by atoms with E-state index >= 15 is 0 Å². The van der Waals surface area contributed by atoms with Crippen molar-refractivity contribution in [3.8, 4) is 11.1 Å².